The minimum Gasteiger partial charge on any atom is -0.459 e. The summed E-state index contributed by atoms with van der Waals surface area (Å²) in [6.45, 7) is 2.25. The average Bonchev–Trinajstić information content (AvgIpc) is 2.66. The molecule has 5 heteroatoms. The van der Waals surface area contributed by atoms with Crippen molar-refractivity contribution < 1.29 is 22.7 Å². The van der Waals surface area contributed by atoms with E-state index in [0.717, 1.165) is 37.5 Å². The number of halogens is 3. The first-order valence-corrected chi connectivity index (χ1v) is 10.3. The largest absolute Gasteiger partial charge is 0.459 e. The van der Waals surface area contributed by atoms with Crippen molar-refractivity contribution in [3.8, 4) is 0 Å². The molecule has 1 aromatic carbocycles. The van der Waals surface area contributed by atoms with Gasteiger partial charge in [-0.25, -0.2) is 18.0 Å². The molecule has 0 unspecified atom stereocenters. The lowest BCUT2D eigenvalue weighted by Gasteiger charge is -2.37. The molecule has 1 aromatic rings. The van der Waals surface area contributed by atoms with E-state index in [1.807, 2.05) is 0 Å². The predicted molar refractivity (Wildman–Crippen MR) is 97.8 cm³/mol. The highest BCUT2D eigenvalue weighted by atomic mass is 19.2. The summed E-state index contributed by atoms with van der Waals surface area (Å²) in [4.78, 5) is 12.1. The van der Waals surface area contributed by atoms with Crippen LogP contribution in [0.2, 0.25) is 0 Å². The number of rotatable bonds is 5. The molecule has 3 rings (SSSR count). The minimum atomic E-state index is -1.31. The van der Waals surface area contributed by atoms with Crippen LogP contribution in [0.3, 0.4) is 0 Å². The monoisotopic (exact) mass is 382 g/mol. The number of benzene rings is 1. The summed E-state index contributed by atoms with van der Waals surface area (Å²) in [5.74, 6) is -2.19. The van der Waals surface area contributed by atoms with Crippen molar-refractivity contribution in [3.05, 3.63) is 35.1 Å². The fraction of sp³-hybridized carbons (Fsp3) is 0.682. The molecule has 0 radical (unpaired) electrons. The maximum Gasteiger partial charge on any atom is 0.341 e. The van der Waals surface area contributed by atoms with Crippen LogP contribution in [0.25, 0.3) is 0 Å². The van der Waals surface area contributed by atoms with Crippen LogP contribution in [-0.2, 0) is 4.74 Å². The van der Waals surface area contributed by atoms with Gasteiger partial charge in [-0.15, -0.1) is 0 Å². The first-order chi connectivity index (χ1) is 13.0. The summed E-state index contributed by atoms with van der Waals surface area (Å²) in [6.07, 6.45) is 11.2. The summed E-state index contributed by atoms with van der Waals surface area (Å²) >= 11 is 0. The summed E-state index contributed by atoms with van der Waals surface area (Å²) in [6, 6.07) is 0.963. The first kappa shape index (κ1) is 20.2. The second kappa shape index (κ2) is 9.11. The van der Waals surface area contributed by atoms with Crippen LogP contribution in [0.1, 0.15) is 81.5 Å². The molecule has 0 saturated heterocycles. The van der Waals surface area contributed by atoms with Crippen LogP contribution in [-0.4, -0.2) is 12.1 Å². The van der Waals surface area contributed by atoms with Gasteiger partial charge in [0.05, 0.1) is 5.56 Å². The van der Waals surface area contributed by atoms with Crippen LogP contribution in [0.4, 0.5) is 13.2 Å². The molecule has 150 valence electrons. The van der Waals surface area contributed by atoms with Crippen molar-refractivity contribution in [2.45, 2.75) is 77.2 Å². The third-order valence-electron chi connectivity index (χ3n) is 6.48. The lowest BCUT2D eigenvalue weighted by Crippen LogP contribution is -2.30. The number of ether oxygens (including phenoxy) is 1. The van der Waals surface area contributed by atoms with Gasteiger partial charge in [-0.05, 0) is 62.3 Å². The van der Waals surface area contributed by atoms with Gasteiger partial charge < -0.3 is 4.74 Å². The SMILES string of the molecule is CCC[C@H]1CC[C@H](C2CCC(OC(=O)c3cc(F)c(F)cc3F)CC2)CC1. The maximum atomic E-state index is 13.7. The average molecular weight is 382 g/mol. The van der Waals surface area contributed by atoms with Crippen LogP contribution < -0.4 is 0 Å². The van der Waals surface area contributed by atoms with E-state index in [0.29, 0.717) is 18.1 Å². The van der Waals surface area contributed by atoms with Gasteiger partial charge >= 0.3 is 5.97 Å². The van der Waals surface area contributed by atoms with Gasteiger partial charge in [0.25, 0.3) is 0 Å². The van der Waals surface area contributed by atoms with Gasteiger partial charge in [0, 0.05) is 6.07 Å². The van der Waals surface area contributed by atoms with E-state index in [1.54, 1.807) is 0 Å². The third-order valence-corrected chi connectivity index (χ3v) is 6.48. The summed E-state index contributed by atoms with van der Waals surface area (Å²) in [5.41, 5.74) is -0.537. The molecule has 0 spiro atoms. The van der Waals surface area contributed by atoms with Crippen molar-refractivity contribution in [3.63, 3.8) is 0 Å². The van der Waals surface area contributed by atoms with Crippen LogP contribution >= 0.6 is 0 Å². The molecule has 0 amide bonds. The van der Waals surface area contributed by atoms with Gasteiger partial charge in [-0.1, -0.05) is 32.6 Å². The molecular weight excluding hydrogens is 353 g/mol. The van der Waals surface area contributed by atoms with E-state index >= 15 is 0 Å². The Hall–Kier alpha value is -1.52. The Labute approximate surface area is 159 Å². The molecule has 0 N–H and O–H groups in total. The van der Waals surface area contributed by atoms with Gasteiger partial charge in [-0.2, -0.15) is 0 Å². The van der Waals surface area contributed by atoms with E-state index < -0.39 is 29.0 Å². The molecule has 2 saturated carbocycles. The van der Waals surface area contributed by atoms with Gasteiger partial charge in [0.1, 0.15) is 11.9 Å². The maximum absolute atomic E-state index is 13.7. The first-order valence-electron chi connectivity index (χ1n) is 10.3. The van der Waals surface area contributed by atoms with E-state index in [-0.39, 0.29) is 6.10 Å². The number of hydrogen-bond donors (Lipinski definition) is 0. The fourth-order valence-corrected chi connectivity index (χ4v) is 4.93. The zero-order chi connectivity index (χ0) is 19.4. The topological polar surface area (TPSA) is 26.3 Å². The fourth-order valence-electron chi connectivity index (χ4n) is 4.93. The molecule has 2 fully saturated rings. The Bertz CT molecular complexity index is 645. The smallest absolute Gasteiger partial charge is 0.341 e. The summed E-state index contributed by atoms with van der Waals surface area (Å²) in [5, 5.41) is 0. The van der Waals surface area contributed by atoms with E-state index in [9.17, 15) is 18.0 Å². The normalized spacial score (nSPS) is 28.7. The Morgan fingerprint density at radius 1 is 0.889 bits per heavy atom. The van der Waals surface area contributed by atoms with Gasteiger partial charge in [0.2, 0.25) is 0 Å². The number of carbonyl (C=O) groups excluding carboxylic acids is 1. The summed E-state index contributed by atoms with van der Waals surface area (Å²) < 4.78 is 45.4. The number of carbonyl (C=O) groups is 1. The van der Waals surface area contributed by atoms with Crippen molar-refractivity contribution >= 4 is 5.97 Å². The summed E-state index contributed by atoms with van der Waals surface area (Å²) in [7, 11) is 0. The zero-order valence-corrected chi connectivity index (χ0v) is 16.0. The molecule has 0 heterocycles. The third kappa shape index (κ3) is 5.05. The standard InChI is InChI=1S/C22H29F3O2/c1-2-3-14-4-6-15(7-5-14)16-8-10-17(11-9-16)27-22(26)18-12-20(24)21(25)13-19(18)23/h12-17H,2-11H2,1H3/t14-,15-,16?,17?. The van der Waals surface area contributed by atoms with E-state index in [4.69, 9.17) is 4.74 Å². The minimum absolute atomic E-state index is 0.266. The molecule has 0 aromatic heterocycles. The van der Waals surface area contributed by atoms with E-state index in [2.05, 4.69) is 6.92 Å². The van der Waals surface area contributed by atoms with Crippen molar-refractivity contribution in [2.75, 3.05) is 0 Å². The van der Waals surface area contributed by atoms with Crippen LogP contribution in [0.5, 0.6) is 0 Å². The Morgan fingerprint density at radius 2 is 1.44 bits per heavy atom. The predicted octanol–water partition coefficient (Wildman–Crippen LogP) is 6.43. The number of esters is 1. The lowest BCUT2D eigenvalue weighted by molar-refractivity contribution is 0.0104. The van der Waals surface area contributed by atoms with Gasteiger partial charge in [0.15, 0.2) is 11.6 Å². The highest BCUT2D eigenvalue weighted by Gasteiger charge is 2.32. The quantitative estimate of drug-likeness (QED) is 0.433. The Balaban J connectivity index is 1.47. The van der Waals surface area contributed by atoms with E-state index in [1.165, 1.54) is 38.5 Å². The second-order valence-electron chi connectivity index (χ2n) is 8.26. The highest BCUT2D eigenvalue weighted by molar-refractivity contribution is 5.89. The molecule has 0 bridgehead atoms. The number of hydrogen-bond acceptors (Lipinski definition) is 2. The highest BCUT2D eigenvalue weighted by Crippen LogP contribution is 2.41. The Morgan fingerprint density at radius 3 is 2.04 bits per heavy atom. The molecule has 2 aliphatic carbocycles. The zero-order valence-electron chi connectivity index (χ0n) is 16.0. The molecule has 2 nitrogen and oxygen atoms in total. The molecule has 0 atom stereocenters. The molecular formula is C22H29F3O2. The van der Waals surface area contributed by atoms with Crippen molar-refractivity contribution in [1.82, 2.24) is 0 Å². The molecule has 2 aliphatic rings. The molecule has 0 aliphatic heterocycles. The van der Waals surface area contributed by atoms with Crippen molar-refractivity contribution in [2.24, 2.45) is 17.8 Å². The Kier molecular flexibility index (Phi) is 6.83. The molecule has 27 heavy (non-hydrogen) atoms. The second-order valence-corrected chi connectivity index (χ2v) is 8.26. The van der Waals surface area contributed by atoms with Crippen LogP contribution in [0, 0.1) is 35.2 Å². The van der Waals surface area contributed by atoms with Crippen molar-refractivity contribution in [1.29, 1.82) is 0 Å². The van der Waals surface area contributed by atoms with Gasteiger partial charge in [-0.3, -0.25) is 0 Å². The lowest BCUT2D eigenvalue weighted by atomic mass is 9.70. The van der Waals surface area contributed by atoms with Crippen LogP contribution in [0.15, 0.2) is 12.1 Å².